The number of carbonyl (C=O) groups excluding carboxylic acids is 2. The molecule has 3 rings (SSSR count). The fourth-order valence-corrected chi connectivity index (χ4v) is 4.08. The van der Waals surface area contributed by atoms with Gasteiger partial charge in [-0.05, 0) is 24.5 Å². The van der Waals surface area contributed by atoms with Gasteiger partial charge in [-0.3, -0.25) is 24.6 Å². The van der Waals surface area contributed by atoms with Crippen LogP contribution in [0.25, 0.3) is 0 Å². The average molecular weight is 470 g/mol. The molecule has 0 aliphatic carbocycles. The van der Waals surface area contributed by atoms with Crippen molar-refractivity contribution < 1.29 is 18.4 Å². The first-order chi connectivity index (χ1) is 15.8. The summed E-state index contributed by atoms with van der Waals surface area (Å²) in [5, 5.41) is 11.5. The van der Waals surface area contributed by atoms with Crippen molar-refractivity contribution in [3.05, 3.63) is 82.4 Å². The fraction of sp³-hybridized carbons (Fsp3) is 0.261. The SMILES string of the molecule is CC1=C(CC(=O)NCc2ccc(C(=N)N)cc2)C(=O)N(N(Cc2ccccc2)S(=O)O)CC1. The topological polar surface area (TPSA) is 140 Å². The molecule has 1 atom stereocenters. The molecular formula is C23H27N5O4S. The molecule has 5 N–H and O–H groups in total. The summed E-state index contributed by atoms with van der Waals surface area (Å²) < 4.78 is 23.0. The summed E-state index contributed by atoms with van der Waals surface area (Å²) in [6, 6.07) is 16.1. The zero-order chi connectivity index (χ0) is 24.0. The summed E-state index contributed by atoms with van der Waals surface area (Å²) in [6.45, 7) is 2.42. The van der Waals surface area contributed by atoms with E-state index < -0.39 is 17.2 Å². The van der Waals surface area contributed by atoms with E-state index in [1.54, 1.807) is 31.2 Å². The van der Waals surface area contributed by atoms with Crippen LogP contribution in [0.2, 0.25) is 0 Å². The molecule has 174 valence electrons. The molecule has 1 unspecified atom stereocenters. The van der Waals surface area contributed by atoms with Crippen LogP contribution in [0.4, 0.5) is 0 Å². The highest BCUT2D eigenvalue weighted by Gasteiger charge is 2.33. The van der Waals surface area contributed by atoms with Crippen molar-refractivity contribution in [2.45, 2.75) is 32.9 Å². The van der Waals surface area contributed by atoms with Gasteiger partial charge in [0.15, 0.2) is 0 Å². The number of nitrogen functional groups attached to an aromatic ring is 1. The number of hydrogen-bond donors (Lipinski definition) is 4. The fourth-order valence-electron chi connectivity index (χ4n) is 3.49. The van der Waals surface area contributed by atoms with Crippen molar-refractivity contribution in [2.75, 3.05) is 6.54 Å². The third-order valence-corrected chi connectivity index (χ3v) is 6.10. The van der Waals surface area contributed by atoms with E-state index in [1.807, 2.05) is 30.3 Å². The lowest BCUT2D eigenvalue weighted by Crippen LogP contribution is -2.50. The Morgan fingerprint density at radius 3 is 2.45 bits per heavy atom. The van der Waals surface area contributed by atoms with Crippen molar-refractivity contribution in [1.82, 2.24) is 14.7 Å². The maximum atomic E-state index is 13.2. The van der Waals surface area contributed by atoms with Crippen LogP contribution in [0.3, 0.4) is 0 Å². The third-order valence-electron chi connectivity index (χ3n) is 5.41. The summed E-state index contributed by atoms with van der Waals surface area (Å²) in [5.41, 5.74) is 8.78. The number of nitrogens with zero attached hydrogens (tertiary/aromatic N) is 2. The Morgan fingerprint density at radius 1 is 1.18 bits per heavy atom. The number of amidine groups is 1. The van der Waals surface area contributed by atoms with Gasteiger partial charge in [0.25, 0.3) is 17.2 Å². The predicted molar refractivity (Wildman–Crippen MR) is 126 cm³/mol. The van der Waals surface area contributed by atoms with Gasteiger partial charge < -0.3 is 11.1 Å². The second kappa shape index (κ2) is 11.0. The minimum atomic E-state index is -2.40. The Balaban J connectivity index is 1.65. The molecule has 1 aliphatic rings. The van der Waals surface area contributed by atoms with Gasteiger partial charge in [-0.1, -0.05) is 60.2 Å². The molecule has 10 heteroatoms. The van der Waals surface area contributed by atoms with E-state index in [1.165, 1.54) is 5.01 Å². The number of nitrogens with two attached hydrogens (primary N) is 1. The molecule has 0 bridgehead atoms. The molecule has 9 nitrogen and oxygen atoms in total. The Hall–Kier alpha value is -3.34. The molecule has 1 heterocycles. The van der Waals surface area contributed by atoms with Gasteiger partial charge in [0.2, 0.25) is 5.91 Å². The number of hydrazine groups is 1. The summed E-state index contributed by atoms with van der Waals surface area (Å²) in [4.78, 5) is 25.7. The Bertz CT molecular complexity index is 1090. The van der Waals surface area contributed by atoms with Crippen molar-refractivity contribution in [2.24, 2.45) is 5.73 Å². The number of hydrogen-bond acceptors (Lipinski definition) is 4. The molecule has 0 fully saturated rings. The van der Waals surface area contributed by atoms with Gasteiger partial charge >= 0.3 is 0 Å². The van der Waals surface area contributed by atoms with E-state index in [0.717, 1.165) is 21.1 Å². The molecule has 33 heavy (non-hydrogen) atoms. The quantitative estimate of drug-likeness (QED) is 0.253. The molecule has 2 aromatic carbocycles. The van der Waals surface area contributed by atoms with Gasteiger partial charge in [-0.25, -0.2) is 4.21 Å². The largest absolute Gasteiger partial charge is 0.384 e. The van der Waals surface area contributed by atoms with Crippen molar-refractivity contribution >= 4 is 28.9 Å². The summed E-state index contributed by atoms with van der Waals surface area (Å²) >= 11 is -2.40. The van der Waals surface area contributed by atoms with Crippen LogP contribution in [0.15, 0.2) is 65.7 Å². The van der Waals surface area contributed by atoms with E-state index >= 15 is 0 Å². The molecule has 0 saturated heterocycles. The van der Waals surface area contributed by atoms with Crippen LogP contribution in [0.5, 0.6) is 0 Å². The van der Waals surface area contributed by atoms with Crippen LogP contribution in [0.1, 0.15) is 36.5 Å². The predicted octanol–water partition coefficient (Wildman–Crippen LogP) is 2.08. The van der Waals surface area contributed by atoms with E-state index in [4.69, 9.17) is 11.1 Å². The molecule has 1 aliphatic heterocycles. The molecule has 2 aromatic rings. The zero-order valence-electron chi connectivity index (χ0n) is 18.3. The first kappa shape index (κ1) is 24.3. The van der Waals surface area contributed by atoms with Gasteiger partial charge in [0, 0.05) is 24.2 Å². The lowest BCUT2D eigenvalue weighted by atomic mass is 9.98. The molecule has 0 saturated carbocycles. The smallest absolute Gasteiger partial charge is 0.265 e. The minimum absolute atomic E-state index is 0.0292. The van der Waals surface area contributed by atoms with Gasteiger partial charge in [-0.15, -0.1) is 4.41 Å². The number of rotatable bonds is 9. The maximum absolute atomic E-state index is 13.2. The van der Waals surface area contributed by atoms with Crippen LogP contribution in [-0.2, 0) is 33.9 Å². The highest BCUT2D eigenvalue weighted by Crippen LogP contribution is 2.24. The van der Waals surface area contributed by atoms with Gasteiger partial charge in [0.05, 0.1) is 13.0 Å². The van der Waals surface area contributed by atoms with Gasteiger partial charge in [-0.2, -0.15) is 0 Å². The highest BCUT2D eigenvalue weighted by molar-refractivity contribution is 7.76. The lowest BCUT2D eigenvalue weighted by molar-refractivity contribution is -0.139. The molecule has 2 amide bonds. The van der Waals surface area contributed by atoms with Crippen molar-refractivity contribution in [3.8, 4) is 0 Å². The Morgan fingerprint density at radius 2 is 1.85 bits per heavy atom. The van der Waals surface area contributed by atoms with Crippen LogP contribution in [0, 0.1) is 5.41 Å². The average Bonchev–Trinajstić information content (AvgIpc) is 2.80. The van der Waals surface area contributed by atoms with E-state index in [2.05, 4.69) is 5.32 Å². The van der Waals surface area contributed by atoms with E-state index in [0.29, 0.717) is 17.6 Å². The Labute approximate surface area is 195 Å². The zero-order valence-corrected chi connectivity index (χ0v) is 19.1. The first-order valence-electron chi connectivity index (χ1n) is 10.4. The van der Waals surface area contributed by atoms with Crippen molar-refractivity contribution in [1.29, 1.82) is 5.41 Å². The number of benzene rings is 2. The maximum Gasteiger partial charge on any atom is 0.265 e. The van der Waals surface area contributed by atoms with Gasteiger partial charge in [0.1, 0.15) is 5.84 Å². The monoisotopic (exact) mass is 469 g/mol. The van der Waals surface area contributed by atoms with E-state index in [9.17, 15) is 18.4 Å². The summed E-state index contributed by atoms with van der Waals surface area (Å²) in [5.74, 6) is -0.800. The minimum Gasteiger partial charge on any atom is -0.384 e. The molecule has 0 aromatic heterocycles. The third kappa shape index (κ3) is 6.35. The molecule has 0 spiro atoms. The van der Waals surface area contributed by atoms with Crippen molar-refractivity contribution in [3.63, 3.8) is 0 Å². The normalized spacial score (nSPS) is 15.0. The van der Waals surface area contributed by atoms with Crippen LogP contribution < -0.4 is 11.1 Å². The Kier molecular flexibility index (Phi) is 8.10. The number of amides is 2. The first-order valence-corrected chi connectivity index (χ1v) is 11.5. The summed E-state index contributed by atoms with van der Waals surface area (Å²) in [7, 11) is 0. The second-order valence-corrected chi connectivity index (χ2v) is 8.61. The number of carbonyl (C=O) groups is 2. The lowest BCUT2D eigenvalue weighted by Gasteiger charge is -2.35. The number of nitrogens with one attached hydrogen (secondary N) is 2. The van der Waals surface area contributed by atoms with Crippen LogP contribution >= 0.6 is 0 Å². The molecular weight excluding hydrogens is 442 g/mol. The molecule has 0 radical (unpaired) electrons. The second-order valence-electron chi connectivity index (χ2n) is 7.73. The highest BCUT2D eigenvalue weighted by atomic mass is 32.2. The summed E-state index contributed by atoms with van der Waals surface area (Å²) in [6.07, 6.45) is 0.382. The standard InChI is InChI=1S/C23H27N5O4S/c1-16-11-12-27(28(33(31)32)15-18-5-3-2-4-6-18)23(30)20(16)13-21(29)26-14-17-7-9-19(10-8-17)22(24)25/h2-10H,11-15H2,1H3,(H3,24,25)(H,26,29)(H,31,32). The van der Waals surface area contributed by atoms with Crippen LogP contribution in [-0.4, -0.2) is 42.4 Å². The van der Waals surface area contributed by atoms with E-state index in [-0.39, 0.29) is 37.8 Å².